The molecule has 3 aromatic heterocycles. The van der Waals surface area contributed by atoms with E-state index in [-0.39, 0.29) is 24.0 Å². The molecule has 0 spiro atoms. The van der Waals surface area contributed by atoms with E-state index in [0.29, 0.717) is 6.54 Å². The van der Waals surface area contributed by atoms with Gasteiger partial charge in [0, 0.05) is 68.6 Å². The Kier molecular flexibility index (Phi) is 8.66. The Bertz CT molecular complexity index is 5360. The normalized spacial score (nSPS) is 22.9. The van der Waals surface area contributed by atoms with E-state index in [1.807, 2.05) is 24.8 Å². The van der Waals surface area contributed by atoms with Crippen LogP contribution in [0.4, 0.5) is 0 Å². The van der Waals surface area contributed by atoms with E-state index in [1.165, 1.54) is 136 Å². The van der Waals surface area contributed by atoms with E-state index in [4.69, 9.17) is 24.6 Å². The number of benzene rings is 8. The van der Waals surface area contributed by atoms with Crippen LogP contribution in [0, 0.1) is 0 Å². The Morgan fingerprint density at radius 2 is 1.30 bits per heavy atom. The second kappa shape index (κ2) is 16.0. The van der Waals surface area contributed by atoms with Crippen LogP contribution in [-0.4, -0.2) is 79.3 Å². The van der Waals surface area contributed by atoms with Crippen LogP contribution in [-0.2, 0) is 0 Å². The summed E-state index contributed by atoms with van der Waals surface area (Å²) in [5.74, 6) is 0.704. The minimum Gasteiger partial charge on any atom is -0.382 e. The zero-order valence-corrected chi connectivity index (χ0v) is 46.1. The lowest BCUT2D eigenvalue weighted by atomic mass is 9.90. The fraction of sp³-hybridized carbons (Fsp3) is 0.114. The molecule has 13 heteroatoms. The van der Waals surface area contributed by atoms with Gasteiger partial charge in [-0.05, 0) is 104 Å². The molecule has 20 rings (SSSR count). The van der Waals surface area contributed by atoms with Crippen LogP contribution < -0.4 is 30.7 Å². The van der Waals surface area contributed by atoms with E-state index >= 15 is 0 Å². The van der Waals surface area contributed by atoms with Crippen LogP contribution in [0.5, 0.6) is 0 Å². The van der Waals surface area contributed by atoms with Gasteiger partial charge in [-0.2, -0.15) is 0 Å². The van der Waals surface area contributed by atoms with Gasteiger partial charge in [-0.1, -0.05) is 97.1 Å². The number of hydrogen-bond acceptors (Lipinski definition) is 7. The number of rotatable bonds is 4. The molecule has 9 aliphatic heterocycles. The van der Waals surface area contributed by atoms with Crippen LogP contribution in [0.2, 0.25) is 0 Å². The summed E-state index contributed by atoms with van der Waals surface area (Å²) in [6, 6.07) is 55.4. The topological polar surface area (TPSA) is 114 Å². The maximum atomic E-state index is 5.55. The van der Waals surface area contributed by atoms with Crippen molar-refractivity contribution in [2.24, 2.45) is 9.98 Å². The average molecular weight is 1090 g/mol. The molecule has 392 valence electrons. The van der Waals surface area contributed by atoms with Crippen LogP contribution in [0.3, 0.4) is 0 Å². The first-order chi connectivity index (χ1) is 41.0. The van der Waals surface area contributed by atoms with Gasteiger partial charge in [0.05, 0.1) is 82.5 Å². The third-order valence-corrected chi connectivity index (χ3v) is 21.9. The van der Waals surface area contributed by atoms with Crippen molar-refractivity contribution in [3.8, 4) is 0 Å². The molecule has 4 N–H and O–H groups in total. The summed E-state index contributed by atoms with van der Waals surface area (Å²) in [6.07, 6.45) is 16.3. The number of fused-ring (bicyclic) bond motifs is 16. The maximum absolute atomic E-state index is 5.55. The number of nitrogens with one attached hydrogen (secondary N) is 2. The van der Waals surface area contributed by atoms with Gasteiger partial charge < -0.3 is 20.1 Å². The summed E-state index contributed by atoms with van der Waals surface area (Å²) in [5, 5.41) is 23.2. The molecule has 6 atom stereocenters. The molecule has 0 bridgehead atoms. The molecular formula is C70H50N12P+3. The van der Waals surface area contributed by atoms with Crippen molar-refractivity contribution in [1.29, 1.82) is 0 Å². The van der Waals surface area contributed by atoms with E-state index in [0.717, 1.165) is 40.7 Å². The Balaban J connectivity index is 1.11. The highest BCUT2D eigenvalue weighted by Gasteiger charge is 2.65. The highest BCUT2D eigenvalue weighted by molar-refractivity contribution is 7.50. The third kappa shape index (κ3) is 5.68. The SMILES string of the molecule is CC1C=NC(C2=c3c4cc5ccccc5cc4c4n3C3N5C(=C(c6cnccn6)c6c7cc8ccccc8cc7c7n6P3[NH+]3C(=C7C6=[N+]=CCN6C)c6cc7ccccc7cc6C3C=4C3=CN=CC[NH2+]3)c3cc4ccccc4cc3C25)=CN1. The molecule has 0 saturated carbocycles. The zero-order chi connectivity index (χ0) is 54.1. The molecule has 11 aromatic rings. The number of likely N-dealkylation sites (N-methyl/N-ethyl adjacent to an activating group) is 1. The van der Waals surface area contributed by atoms with Gasteiger partial charge in [-0.25, -0.2) is 9.57 Å². The molecule has 12 nitrogen and oxygen atoms in total. The summed E-state index contributed by atoms with van der Waals surface area (Å²) in [4.78, 5) is 26.3. The molecule has 12 heterocycles. The number of aromatic nitrogens is 4. The minimum atomic E-state index is -1.50. The second-order valence-corrected chi connectivity index (χ2v) is 25.5. The molecule has 0 saturated heterocycles. The largest absolute Gasteiger partial charge is 0.385 e. The van der Waals surface area contributed by atoms with E-state index in [1.54, 1.807) is 0 Å². The smallest absolute Gasteiger partial charge is 0.382 e. The second-order valence-electron chi connectivity index (χ2n) is 23.5. The molecule has 9 aliphatic rings. The van der Waals surface area contributed by atoms with Crippen molar-refractivity contribution in [2.75, 3.05) is 20.1 Å². The number of hydrogen-bond donors (Lipinski definition) is 3. The van der Waals surface area contributed by atoms with Crippen LogP contribution in [0.15, 0.2) is 198 Å². The number of nitrogens with zero attached hydrogens (tertiary/aromatic N) is 9. The third-order valence-electron chi connectivity index (χ3n) is 19.2. The van der Waals surface area contributed by atoms with Crippen LogP contribution >= 0.6 is 8.22 Å². The Labute approximate surface area is 476 Å². The van der Waals surface area contributed by atoms with E-state index in [2.05, 4.69) is 214 Å². The lowest BCUT2D eigenvalue weighted by Crippen LogP contribution is -3.04. The maximum Gasteiger partial charge on any atom is 0.385 e. The van der Waals surface area contributed by atoms with Crippen LogP contribution in [0.1, 0.15) is 64.2 Å². The molecule has 0 radical (unpaired) electrons. The highest BCUT2D eigenvalue weighted by atomic mass is 31.1. The Morgan fingerprint density at radius 3 is 1.90 bits per heavy atom. The molecule has 0 aliphatic carbocycles. The van der Waals surface area contributed by atoms with Gasteiger partial charge >= 0.3 is 5.84 Å². The quantitative estimate of drug-likeness (QED) is 0.121. The number of nitrogens with two attached hydrogens (primary N) is 1. The molecular weight excluding hydrogens is 1040 g/mol. The Hall–Kier alpha value is -9.80. The summed E-state index contributed by atoms with van der Waals surface area (Å²) in [5.41, 5.74) is 17.6. The minimum absolute atomic E-state index is 0.0682. The Morgan fingerprint density at radius 1 is 0.687 bits per heavy atom. The molecule has 8 aromatic carbocycles. The van der Waals surface area contributed by atoms with Crippen molar-refractivity contribution < 1.29 is 9.99 Å². The predicted octanol–water partition coefficient (Wildman–Crippen LogP) is 8.63. The van der Waals surface area contributed by atoms with Gasteiger partial charge in [0.15, 0.2) is 29.6 Å². The van der Waals surface area contributed by atoms with Gasteiger partial charge in [0.25, 0.3) is 8.22 Å². The first-order valence-electron chi connectivity index (χ1n) is 28.9. The van der Waals surface area contributed by atoms with Gasteiger partial charge in [0.1, 0.15) is 12.1 Å². The van der Waals surface area contributed by atoms with Gasteiger partial charge in [-0.15, -0.1) is 0 Å². The first kappa shape index (κ1) is 44.9. The first-order valence-corrected chi connectivity index (χ1v) is 30.2. The predicted molar refractivity (Wildman–Crippen MR) is 336 cm³/mol. The van der Waals surface area contributed by atoms with Crippen molar-refractivity contribution in [2.45, 2.75) is 31.0 Å². The lowest BCUT2D eigenvalue weighted by Gasteiger charge is -2.45. The van der Waals surface area contributed by atoms with E-state index < -0.39 is 8.22 Å². The number of amidine groups is 1. The molecule has 0 amide bonds. The molecule has 0 fully saturated rings. The average Bonchev–Trinajstić information content (AvgIpc) is 2.41. The zero-order valence-electron chi connectivity index (χ0n) is 45.2. The fourth-order valence-electron chi connectivity index (χ4n) is 15.9. The van der Waals surface area contributed by atoms with Crippen molar-refractivity contribution >= 4 is 131 Å². The summed E-state index contributed by atoms with van der Waals surface area (Å²) < 4.78 is 12.7. The summed E-state index contributed by atoms with van der Waals surface area (Å²) in [7, 11) is 0.726. The highest BCUT2D eigenvalue weighted by Crippen LogP contribution is 2.69. The number of aliphatic imine (C=N–C) groups is 2. The van der Waals surface area contributed by atoms with Gasteiger partial charge in [-0.3, -0.25) is 29.0 Å². The fourth-order valence-corrected chi connectivity index (χ4v) is 19.3. The van der Waals surface area contributed by atoms with E-state index in [9.17, 15) is 0 Å². The number of quaternary nitrogens is 2. The van der Waals surface area contributed by atoms with Crippen molar-refractivity contribution in [1.82, 2.24) is 38.7 Å². The van der Waals surface area contributed by atoms with Crippen molar-refractivity contribution in [3.05, 3.63) is 238 Å². The lowest BCUT2D eigenvalue weighted by molar-refractivity contribution is -0.710. The van der Waals surface area contributed by atoms with Gasteiger partial charge in [0.2, 0.25) is 12.1 Å². The summed E-state index contributed by atoms with van der Waals surface area (Å²) in [6.45, 7) is 3.63. The van der Waals surface area contributed by atoms with Crippen molar-refractivity contribution in [3.63, 3.8) is 0 Å². The monoisotopic (exact) mass is 1090 g/mol. The standard InChI is InChI=1S/C70H48N12P/c1-37-33-77-56(36-76-37)57-61-46-25-38-11-3-5-13-40(38)27-48(46)63-58(54-34-71-19-21-73-54)65-50-29-42-15-7-9-17-44(42)31-52(50)67-60(69-75-23-24-78(69)2)68-53-32-45-18-10-8-16-43(45)30-51(53)66-59(55-35-72-20-22-74-55)64-49-28-41-14-6-4-12-39(41)26-47(49)62(57)80(64)70(79(61)63)83(81(65)67)82(66)68/h3-21,23,25-37,61,66,70,74,76H,22,24H2,1-2H3/q+1/p+2. The molecule has 83 heavy (non-hydrogen) atoms. The molecule has 6 unspecified atom stereocenters. The summed E-state index contributed by atoms with van der Waals surface area (Å²) >= 11 is 0. The van der Waals surface area contributed by atoms with Crippen LogP contribution in [0.25, 0.3) is 98.3 Å².